The second kappa shape index (κ2) is 10.6. The largest absolute Gasteiger partial charge is 0.335 e. The van der Waals surface area contributed by atoms with Gasteiger partial charge in [0.2, 0.25) is 5.91 Å². The molecule has 2 heterocycles. The molecule has 1 aromatic heterocycles. The van der Waals surface area contributed by atoms with Crippen LogP contribution >= 0.6 is 0 Å². The van der Waals surface area contributed by atoms with Crippen LogP contribution < -0.4 is 10.6 Å². The number of aromatic nitrogens is 2. The highest BCUT2D eigenvalue weighted by atomic mass is 16.2. The number of rotatable bonds is 6. The lowest BCUT2D eigenvalue weighted by atomic mass is 10.1. The molecule has 3 N–H and O–H groups in total. The van der Waals surface area contributed by atoms with Crippen LogP contribution in [-0.2, 0) is 4.79 Å². The first-order chi connectivity index (χ1) is 18.0. The van der Waals surface area contributed by atoms with E-state index in [0.29, 0.717) is 48.8 Å². The summed E-state index contributed by atoms with van der Waals surface area (Å²) in [5, 5.41) is 13.7. The van der Waals surface area contributed by atoms with E-state index in [0.717, 1.165) is 16.5 Å². The number of H-pyrrole nitrogens is 1. The summed E-state index contributed by atoms with van der Waals surface area (Å²) < 4.78 is 0. The number of carbonyl (C=O) groups excluding carboxylic acids is 3. The summed E-state index contributed by atoms with van der Waals surface area (Å²) in [4.78, 5) is 42.5. The first kappa shape index (κ1) is 24.2. The van der Waals surface area contributed by atoms with Crippen LogP contribution in [0.5, 0.6) is 0 Å². The molecule has 0 saturated carbocycles. The molecule has 0 bridgehead atoms. The molecule has 9 nitrogen and oxygen atoms in total. The first-order valence-electron chi connectivity index (χ1n) is 12.2. The molecule has 3 aromatic carbocycles. The number of aryl methyl sites for hydroxylation is 1. The minimum Gasteiger partial charge on any atom is -0.335 e. The number of aromatic amines is 1. The van der Waals surface area contributed by atoms with Gasteiger partial charge in [0.05, 0.1) is 23.3 Å². The van der Waals surface area contributed by atoms with Gasteiger partial charge in [0.15, 0.2) is 5.69 Å². The maximum absolute atomic E-state index is 13.0. The third-order valence-corrected chi connectivity index (χ3v) is 6.42. The summed E-state index contributed by atoms with van der Waals surface area (Å²) in [6.45, 7) is 4.26. The molecular formula is C28H28N6O3. The smallest absolute Gasteiger partial charge is 0.275 e. The summed E-state index contributed by atoms with van der Waals surface area (Å²) in [5.41, 5.74) is 3.83. The highest BCUT2D eigenvalue weighted by Crippen LogP contribution is 2.20. The van der Waals surface area contributed by atoms with Crippen LogP contribution in [0.2, 0.25) is 0 Å². The minimum atomic E-state index is -0.292. The van der Waals surface area contributed by atoms with Gasteiger partial charge in [-0.3, -0.25) is 24.4 Å². The lowest BCUT2D eigenvalue weighted by molar-refractivity contribution is -0.117. The Labute approximate surface area is 214 Å². The van der Waals surface area contributed by atoms with Gasteiger partial charge >= 0.3 is 0 Å². The Hall–Kier alpha value is -4.50. The summed E-state index contributed by atoms with van der Waals surface area (Å²) in [5.74, 6) is -0.622. The van der Waals surface area contributed by atoms with Crippen molar-refractivity contribution in [3.63, 3.8) is 0 Å². The fourth-order valence-corrected chi connectivity index (χ4v) is 4.49. The van der Waals surface area contributed by atoms with Gasteiger partial charge in [-0.15, -0.1) is 0 Å². The predicted molar refractivity (Wildman–Crippen MR) is 143 cm³/mol. The van der Waals surface area contributed by atoms with E-state index in [9.17, 15) is 14.4 Å². The standard InChI is InChI=1S/C28H28N6O3/c1-19-7-6-8-20(17-19)29-27(36)22-10-3-4-11-23(22)30-25(35)18-33-13-15-34(16-14-33)28(37)26-21-9-2-5-12-24(21)31-32-26/h2-12,17H,13-16,18H2,1H3,(H,29,36)(H,30,35)(H,31,32). The van der Waals surface area contributed by atoms with Crippen molar-refractivity contribution >= 4 is 40.0 Å². The molecule has 188 valence electrons. The molecule has 4 aromatic rings. The normalized spacial score (nSPS) is 13.9. The van der Waals surface area contributed by atoms with Crippen molar-refractivity contribution in [2.75, 3.05) is 43.4 Å². The molecular weight excluding hydrogens is 468 g/mol. The Kier molecular flexibility index (Phi) is 6.96. The van der Waals surface area contributed by atoms with Crippen molar-refractivity contribution in [1.82, 2.24) is 20.0 Å². The molecule has 1 aliphatic heterocycles. The van der Waals surface area contributed by atoms with E-state index in [1.807, 2.05) is 60.4 Å². The topological polar surface area (TPSA) is 110 Å². The Bertz CT molecular complexity index is 1460. The number of nitrogens with zero attached hydrogens (tertiary/aromatic N) is 3. The predicted octanol–water partition coefficient (Wildman–Crippen LogP) is 3.52. The number of amides is 3. The van der Waals surface area contributed by atoms with E-state index >= 15 is 0 Å². The summed E-state index contributed by atoms with van der Waals surface area (Å²) >= 11 is 0. The maximum atomic E-state index is 13.0. The number of hydrogen-bond acceptors (Lipinski definition) is 5. The van der Waals surface area contributed by atoms with E-state index in [2.05, 4.69) is 20.8 Å². The highest BCUT2D eigenvalue weighted by molar-refractivity contribution is 6.10. The second-order valence-electron chi connectivity index (χ2n) is 9.10. The zero-order valence-electron chi connectivity index (χ0n) is 20.5. The molecule has 1 saturated heterocycles. The van der Waals surface area contributed by atoms with Crippen molar-refractivity contribution in [2.45, 2.75) is 6.92 Å². The van der Waals surface area contributed by atoms with Gasteiger partial charge < -0.3 is 15.5 Å². The van der Waals surface area contributed by atoms with Crippen LogP contribution in [-0.4, -0.2) is 70.4 Å². The number of nitrogens with one attached hydrogen (secondary N) is 3. The lowest BCUT2D eigenvalue weighted by Gasteiger charge is -2.34. The van der Waals surface area contributed by atoms with Crippen molar-refractivity contribution in [2.24, 2.45) is 0 Å². The zero-order valence-corrected chi connectivity index (χ0v) is 20.5. The quantitative estimate of drug-likeness (QED) is 0.378. The van der Waals surface area contributed by atoms with Gasteiger partial charge in [-0.1, -0.05) is 42.5 Å². The van der Waals surface area contributed by atoms with Crippen molar-refractivity contribution in [3.8, 4) is 0 Å². The SMILES string of the molecule is Cc1cccc(NC(=O)c2ccccc2NC(=O)CN2CCN(C(=O)c3n[nH]c4ccccc34)CC2)c1. The molecule has 0 unspecified atom stereocenters. The van der Waals surface area contributed by atoms with E-state index in [1.165, 1.54) is 0 Å². The van der Waals surface area contributed by atoms with E-state index in [1.54, 1.807) is 29.2 Å². The Morgan fingerprint density at radius 1 is 0.892 bits per heavy atom. The van der Waals surface area contributed by atoms with Gasteiger partial charge in [-0.2, -0.15) is 5.10 Å². The molecule has 37 heavy (non-hydrogen) atoms. The number of hydrogen-bond donors (Lipinski definition) is 3. The molecule has 1 fully saturated rings. The van der Waals surface area contributed by atoms with Crippen LogP contribution in [0.25, 0.3) is 10.9 Å². The van der Waals surface area contributed by atoms with Crippen LogP contribution in [0.15, 0.2) is 72.8 Å². The number of carbonyl (C=O) groups is 3. The van der Waals surface area contributed by atoms with Crippen molar-refractivity contribution in [1.29, 1.82) is 0 Å². The number of piperazine rings is 1. The molecule has 5 rings (SSSR count). The molecule has 1 aliphatic rings. The van der Waals surface area contributed by atoms with Gasteiger partial charge in [-0.05, 0) is 42.8 Å². The van der Waals surface area contributed by atoms with Crippen LogP contribution in [0.1, 0.15) is 26.4 Å². The average Bonchev–Trinajstić information content (AvgIpc) is 3.33. The Morgan fingerprint density at radius 2 is 1.65 bits per heavy atom. The monoisotopic (exact) mass is 496 g/mol. The van der Waals surface area contributed by atoms with Crippen LogP contribution in [0, 0.1) is 6.92 Å². The Morgan fingerprint density at radius 3 is 2.46 bits per heavy atom. The van der Waals surface area contributed by atoms with Gasteiger partial charge in [0.25, 0.3) is 11.8 Å². The fourth-order valence-electron chi connectivity index (χ4n) is 4.49. The van der Waals surface area contributed by atoms with E-state index in [-0.39, 0.29) is 24.3 Å². The van der Waals surface area contributed by atoms with E-state index < -0.39 is 0 Å². The molecule has 0 spiro atoms. The molecule has 3 amide bonds. The fraction of sp³-hybridized carbons (Fsp3) is 0.214. The van der Waals surface area contributed by atoms with Crippen LogP contribution in [0.4, 0.5) is 11.4 Å². The van der Waals surface area contributed by atoms with Gasteiger partial charge in [-0.25, -0.2) is 0 Å². The van der Waals surface area contributed by atoms with Crippen molar-refractivity contribution < 1.29 is 14.4 Å². The number of anilines is 2. The number of benzene rings is 3. The molecule has 0 radical (unpaired) electrons. The zero-order chi connectivity index (χ0) is 25.8. The highest BCUT2D eigenvalue weighted by Gasteiger charge is 2.26. The number of para-hydroxylation sites is 2. The molecule has 0 atom stereocenters. The lowest BCUT2D eigenvalue weighted by Crippen LogP contribution is -2.50. The molecule has 9 heteroatoms. The van der Waals surface area contributed by atoms with Gasteiger partial charge in [0.1, 0.15) is 0 Å². The number of fused-ring (bicyclic) bond motifs is 1. The summed E-state index contributed by atoms with van der Waals surface area (Å²) in [6, 6.07) is 22.0. The molecule has 0 aliphatic carbocycles. The average molecular weight is 497 g/mol. The third kappa shape index (κ3) is 5.52. The third-order valence-electron chi connectivity index (χ3n) is 6.42. The minimum absolute atomic E-state index is 0.116. The second-order valence-corrected chi connectivity index (χ2v) is 9.10. The van der Waals surface area contributed by atoms with Crippen LogP contribution in [0.3, 0.4) is 0 Å². The first-order valence-corrected chi connectivity index (χ1v) is 12.2. The summed E-state index contributed by atoms with van der Waals surface area (Å²) in [6.07, 6.45) is 0. The summed E-state index contributed by atoms with van der Waals surface area (Å²) in [7, 11) is 0. The maximum Gasteiger partial charge on any atom is 0.275 e. The van der Waals surface area contributed by atoms with Crippen molar-refractivity contribution in [3.05, 3.63) is 89.6 Å². The van der Waals surface area contributed by atoms with E-state index in [4.69, 9.17) is 0 Å². The van der Waals surface area contributed by atoms with Gasteiger partial charge in [0, 0.05) is 37.3 Å². The Balaban J connectivity index is 1.16.